The van der Waals surface area contributed by atoms with Gasteiger partial charge in [-0.15, -0.1) is 11.3 Å². The highest BCUT2D eigenvalue weighted by atomic mass is 32.1. The van der Waals surface area contributed by atoms with Crippen molar-refractivity contribution in [2.75, 3.05) is 13.1 Å². The Balaban J connectivity index is 2.84. The summed E-state index contributed by atoms with van der Waals surface area (Å²) in [6.45, 7) is 12.1. The predicted molar refractivity (Wildman–Crippen MR) is 77.2 cm³/mol. The van der Waals surface area contributed by atoms with Crippen molar-refractivity contribution < 1.29 is 4.79 Å². The molecule has 1 aromatic rings. The van der Waals surface area contributed by atoms with Gasteiger partial charge in [0, 0.05) is 5.38 Å². The molecule has 0 saturated carbocycles. The minimum absolute atomic E-state index is 0.277. The maximum atomic E-state index is 12.6. The lowest BCUT2D eigenvalue weighted by Crippen LogP contribution is -2.52. The lowest BCUT2D eigenvalue weighted by molar-refractivity contribution is -0.129. The second-order valence-corrected chi connectivity index (χ2v) is 5.82. The van der Waals surface area contributed by atoms with E-state index in [1.54, 1.807) is 11.3 Å². The number of nitrogens with zero attached hydrogens (tertiary/aromatic N) is 2. The number of aryl methyl sites for hydroxylation is 1. The number of carbonyl (C=O) groups is 1. The van der Waals surface area contributed by atoms with Gasteiger partial charge in [-0.2, -0.15) is 0 Å². The van der Waals surface area contributed by atoms with E-state index in [-0.39, 0.29) is 11.3 Å². The van der Waals surface area contributed by atoms with Crippen molar-refractivity contribution in [1.82, 2.24) is 9.88 Å². The van der Waals surface area contributed by atoms with Gasteiger partial charge in [-0.05, 0) is 33.4 Å². The molecule has 0 radical (unpaired) electrons. The van der Waals surface area contributed by atoms with Gasteiger partial charge >= 0.3 is 0 Å². The Morgan fingerprint density at radius 1 is 1.39 bits per heavy atom. The lowest BCUT2D eigenvalue weighted by atomic mass is 9.88. The lowest BCUT2D eigenvalue weighted by Gasteiger charge is -2.38. The molecule has 4 heteroatoms. The molecular formula is C14H24N2OS. The molecule has 0 aliphatic carbocycles. The average molecular weight is 268 g/mol. The van der Waals surface area contributed by atoms with Gasteiger partial charge in [0.15, 0.2) is 5.78 Å². The number of rotatable bonds is 7. The first kappa shape index (κ1) is 15.3. The van der Waals surface area contributed by atoms with Crippen molar-refractivity contribution in [3.63, 3.8) is 0 Å². The van der Waals surface area contributed by atoms with E-state index in [4.69, 9.17) is 0 Å². The van der Waals surface area contributed by atoms with Gasteiger partial charge in [-0.3, -0.25) is 9.69 Å². The molecule has 1 atom stereocenters. The van der Waals surface area contributed by atoms with Crippen molar-refractivity contribution in [2.24, 2.45) is 0 Å². The van der Waals surface area contributed by atoms with Crippen LogP contribution in [0.4, 0.5) is 0 Å². The van der Waals surface area contributed by atoms with E-state index in [0.717, 1.165) is 30.2 Å². The number of Topliss-reactive ketones (excluding diaryl/α,β-unsaturated/α-hetero) is 1. The fraction of sp³-hybridized carbons (Fsp3) is 0.714. The number of thiazole rings is 1. The summed E-state index contributed by atoms with van der Waals surface area (Å²) < 4.78 is 0. The Morgan fingerprint density at radius 3 is 2.39 bits per heavy atom. The van der Waals surface area contributed by atoms with Crippen molar-refractivity contribution in [1.29, 1.82) is 0 Å². The van der Waals surface area contributed by atoms with Crippen molar-refractivity contribution in [2.45, 2.75) is 53.0 Å². The van der Waals surface area contributed by atoms with E-state index in [2.05, 4.69) is 37.6 Å². The largest absolute Gasteiger partial charge is 0.297 e. The first-order valence-electron chi connectivity index (χ1n) is 6.67. The number of hydrogen-bond donors (Lipinski definition) is 0. The monoisotopic (exact) mass is 268 g/mol. The van der Waals surface area contributed by atoms with Crippen LogP contribution in [-0.4, -0.2) is 34.3 Å². The van der Waals surface area contributed by atoms with Crippen LogP contribution in [0.2, 0.25) is 0 Å². The van der Waals surface area contributed by atoms with Gasteiger partial charge in [0.2, 0.25) is 0 Å². The van der Waals surface area contributed by atoms with Crippen LogP contribution < -0.4 is 0 Å². The quantitative estimate of drug-likeness (QED) is 0.762. The van der Waals surface area contributed by atoms with E-state index in [0.29, 0.717) is 6.42 Å². The third-order valence-electron chi connectivity index (χ3n) is 3.76. The molecule has 0 aliphatic rings. The SMILES string of the molecule is CCN(CC)C(C)(CC)C(=O)Cc1csc(C)n1. The molecule has 0 aliphatic heterocycles. The van der Waals surface area contributed by atoms with Crippen LogP contribution >= 0.6 is 11.3 Å². The second-order valence-electron chi connectivity index (χ2n) is 4.76. The predicted octanol–water partition coefficient (Wildman–Crippen LogP) is 3.07. The molecular weight excluding hydrogens is 244 g/mol. The van der Waals surface area contributed by atoms with Gasteiger partial charge in [-0.1, -0.05) is 20.8 Å². The molecule has 3 nitrogen and oxygen atoms in total. The van der Waals surface area contributed by atoms with Gasteiger partial charge < -0.3 is 0 Å². The zero-order valence-electron chi connectivity index (χ0n) is 12.1. The molecule has 102 valence electrons. The van der Waals surface area contributed by atoms with Gasteiger partial charge in [-0.25, -0.2) is 4.98 Å². The van der Waals surface area contributed by atoms with Crippen LogP contribution in [0, 0.1) is 6.92 Å². The van der Waals surface area contributed by atoms with Crippen molar-refractivity contribution in [3.05, 3.63) is 16.1 Å². The second kappa shape index (κ2) is 6.43. The fourth-order valence-electron chi connectivity index (χ4n) is 2.36. The van der Waals surface area contributed by atoms with E-state index in [1.807, 2.05) is 12.3 Å². The summed E-state index contributed by atoms with van der Waals surface area (Å²) in [5.74, 6) is 0.277. The Morgan fingerprint density at radius 2 is 2.00 bits per heavy atom. The Kier molecular flexibility index (Phi) is 5.47. The van der Waals surface area contributed by atoms with Crippen LogP contribution in [0.3, 0.4) is 0 Å². The minimum atomic E-state index is -0.360. The smallest absolute Gasteiger partial charge is 0.158 e. The minimum Gasteiger partial charge on any atom is -0.297 e. The Bertz CT molecular complexity index is 398. The van der Waals surface area contributed by atoms with E-state index >= 15 is 0 Å². The van der Waals surface area contributed by atoms with Crippen LogP contribution in [0.15, 0.2) is 5.38 Å². The molecule has 0 aromatic carbocycles. The van der Waals surface area contributed by atoms with E-state index < -0.39 is 0 Å². The number of hydrogen-bond acceptors (Lipinski definition) is 4. The molecule has 18 heavy (non-hydrogen) atoms. The first-order valence-corrected chi connectivity index (χ1v) is 7.55. The van der Waals surface area contributed by atoms with Crippen molar-refractivity contribution in [3.8, 4) is 0 Å². The van der Waals surface area contributed by atoms with Crippen LogP contribution in [0.1, 0.15) is 44.8 Å². The van der Waals surface area contributed by atoms with Gasteiger partial charge in [0.25, 0.3) is 0 Å². The zero-order chi connectivity index (χ0) is 13.8. The Labute approximate surface area is 114 Å². The molecule has 0 fully saturated rings. The highest BCUT2D eigenvalue weighted by molar-refractivity contribution is 7.09. The third-order valence-corrected chi connectivity index (χ3v) is 4.58. The standard InChI is InChI=1S/C14H24N2OS/c1-6-14(5,16(7-2)8-3)13(17)9-12-10-18-11(4)15-12/h10H,6-9H2,1-5H3. The number of likely N-dealkylation sites (N-methyl/N-ethyl adjacent to an activating group) is 1. The normalized spacial score (nSPS) is 14.8. The van der Waals surface area contributed by atoms with Gasteiger partial charge in [0.1, 0.15) is 0 Å². The molecule has 0 saturated heterocycles. The van der Waals surface area contributed by atoms with E-state index in [1.165, 1.54) is 0 Å². The maximum Gasteiger partial charge on any atom is 0.158 e. The van der Waals surface area contributed by atoms with Crippen LogP contribution in [-0.2, 0) is 11.2 Å². The molecule has 0 bridgehead atoms. The molecule has 0 N–H and O–H groups in total. The molecule has 0 spiro atoms. The fourth-order valence-corrected chi connectivity index (χ4v) is 2.98. The summed E-state index contributed by atoms with van der Waals surface area (Å²) in [5, 5.41) is 3.02. The summed E-state index contributed by atoms with van der Waals surface area (Å²) >= 11 is 1.61. The summed E-state index contributed by atoms with van der Waals surface area (Å²) in [5.41, 5.74) is 0.551. The highest BCUT2D eigenvalue weighted by Crippen LogP contribution is 2.22. The Hall–Kier alpha value is -0.740. The highest BCUT2D eigenvalue weighted by Gasteiger charge is 2.35. The topological polar surface area (TPSA) is 33.2 Å². The third kappa shape index (κ3) is 3.18. The van der Waals surface area contributed by atoms with Crippen LogP contribution in [0.5, 0.6) is 0 Å². The number of aromatic nitrogens is 1. The molecule has 0 amide bonds. The number of ketones is 1. The van der Waals surface area contributed by atoms with E-state index in [9.17, 15) is 4.79 Å². The first-order chi connectivity index (χ1) is 8.47. The molecule has 1 unspecified atom stereocenters. The van der Waals surface area contributed by atoms with Crippen molar-refractivity contribution >= 4 is 17.1 Å². The summed E-state index contributed by atoms with van der Waals surface area (Å²) in [6.07, 6.45) is 1.29. The number of carbonyl (C=O) groups excluding carboxylic acids is 1. The molecule has 1 aromatic heterocycles. The summed E-state index contributed by atoms with van der Waals surface area (Å²) in [7, 11) is 0. The zero-order valence-corrected chi connectivity index (χ0v) is 12.9. The van der Waals surface area contributed by atoms with Crippen LogP contribution in [0.25, 0.3) is 0 Å². The molecule has 1 heterocycles. The summed E-state index contributed by atoms with van der Waals surface area (Å²) in [4.78, 5) is 19.2. The maximum absolute atomic E-state index is 12.6. The summed E-state index contributed by atoms with van der Waals surface area (Å²) in [6, 6.07) is 0. The molecule has 1 rings (SSSR count). The average Bonchev–Trinajstić information content (AvgIpc) is 2.75. The van der Waals surface area contributed by atoms with Gasteiger partial charge in [0.05, 0.1) is 22.7 Å².